The van der Waals surface area contributed by atoms with Crippen molar-refractivity contribution in [2.45, 2.75) is 66.1 Å². The molecule has 0 radical (unpaired) electrons. The molecule has 0 saturated heterocycles. The lowest BCUT2D eigenvalue weighted by molar-refractivity contribution is -0.551. The molecule has 2 atom stereocenters. The highest BCUT2D eigenvalue weighted by Crippen LogP contribution is 2.62. The Hall–Kier alpha value is -2.22. The monoisotopic (exact) mass is 646 g/mol. The van der Waals surface area contributed by atoms with Gasteiger partial charge in [-0.1, -0.05) is 0 Å². The molecule has 0 aliphatic carbocycles. The maximum absolute atomic E-state index is 13.9. The van der Waals surface area contributed by atoms with Gasteiger partial charge < -0.3 is 5.11 Å². The first kappa shape index (κ1) is 36.8. The molecular weight excluding hydrogens is 645 g/mol. The Morgan fingerprint density at radius 1 is 0.410 bits per heavy atom. The predicted octanol–water partition coefficient (Wildman–Crippen LogP) is 6.85. The van der Waals surface area contributed by atoms with Crippen LogP contribution in [0.2, 0.25) is 0 Å². The van der Waals surface area contributed by atoms with Crippen molar-refractivity contribution in [1.29, 1.82) is 0 Å². The van der Waals surface area contributed by atoms with Crippen molar-refractivity contribution in [1.82, 2.24) is 0 Å². The van der Waals surface area contributed by atoms with Crippen LogP contribution in [0.1, 0.15) is 0 Å². The molecule has 27 heteroatoms. The normalized spacial score (nSPS) is 18.9. The van der Waals surface area contributed by atoms with E-state index < -0.39 is 72.1 Å². The summed E-state index contributed by atoms with van der Waals surface area (Å²) in [5.74, 6) is -56.1. The Bertz CT molecular complexity index is 914. The first-order valence-corrected chi connectivity index (χ1v) is 7.84. The molecule has 0 spiro atoms. The van der Waals surface area contributed by atoms with Crippen molar-refractivity contribution in [3.05, 3.63) is 0 Å². The maximum Gasteiger partial charge on any atom is 0.460 e. The van der Waals surface area contributed by atoms with Crippen LogP contribution >= 0.6 is 0 Å². The topological polar surface area (TPSA) is 55.8 Å². The highest BCUT2D eigenvalue weighted by molar-refractivity contribution is 5.76. The second-order valence-electron chi connectivity index (χ2n) is 6.52. The van der Waals surface area contributed by atoms with Crippen LogP contribution in [0.3, 0.4) is 0 Å². The van der Waals surface area contributed by atoms with Crippen molar-refractivity contribution in [3.8, 4) is 0 Å². The SMILES string of the molecule is O=C(O)C(F)(OC(F)(F)C(F)(OC(F)(F)C(F)(F)C(F)(F)C(F)(F)C(F)(F)C(F)(F)F)C(F)(F)F)C(F)(F)F. The van der Waals surface area contributed by atoms with E-state index in [0.29, 0.717) is 0 Å². The fourth-order valence-corrected chi connectivity index (χ4v) is 1.74. The Morgan fingerprint density at radius 2 is 0.744 bits per heavy atom. The summed E-state index contributed by atoms with van der Waals surface area (Å²) >= 11 is 0. The molecule has 0 aliphatic rings. The van der Waals surface area contributed by atoms with E-state index in [2.05, 4.69) is 0 Å². The van der Waals surface area contributed by atoms with Gasteiger partial charge in [-0.2, -0.15) is 101 Å². The van der Waals surface area contributed by atoms with Gasteiger partial charge in [0.1, 0.15) is 0 Å². The Balaban J connectivity index is 7.13. The van der Waals surface area contributed by atoms with Crippen LogP contribution in [0, 0.1) is 0 Å². The van der Waals surface area contributed by atoms with E-state index in [1.54, 1.807) is 0 Å². The Morgan fingerprint density at radius 3 is 1.00 bits per heavy atom. The van der Waals surface area contributed by atoms with E-state index in [1.807, 2.05) is 0 Å². The van der Waals surface area contributed by atoms with Gasteiger partial charge in [-0.3, -0.25) is 9.47 Å². The van der Waals surface area contributed by atoms with Crippen molar-refractivity contribution in [2.75, 3.05) is 0 Å². The molecule has 0 aromatic rings. The zero-order valence-electron chi connectivity index (χ0n) is 16.4. The van der Waals surface area contributed by atoms with Crippen molar-refractivity contribution in [2.24, 2.45) is 0 Å². The lowest BCUT2D eigenvalue weighted by Gasteiger charge is -2.42. The molecule has 1 N–H and O–H groups in total. The molecule has 0 rings (SSSR count). The van der Waals surface area contributed by atoms with Crippen LogP contribution in [0.25, 0.3) is 0 Å². The van der Waals surface area contributed by atoms with Crippen LogP contribution in [0.5, 0.6) is 0 Å². The molecule has 0 bridgehead atoms. The average Bonchev–Trinajstić information content (AvgIpc) is 2.63. The van der Waals surface area contributed by atoms with Gasteiger partial charge in [0, 0.05) is 0 Å². The van der Waals surface area contributed by atoms with Crippen LogP contribution in [-0.4, -0.2) is 77.2 Å². The highest BCUT2D eigenvalue weighted by Gasteiger charge is 2.93. The number of ether oxygens (including phenoxy) is 2. The van der Waals surface area contributed by atoms with Gasteiger partial charge in [0.15, 0.2) is 0 Å². The average molecular weight is 646 g/mol. The summed E-state index contributed by atoms with van der Waals surface area (Å²) in [6.07, 6.45) is -41.3. The lowest BCUT2D eigenvalue weighted by atomic mass is 9.97. The smallest absolute Gasteiger partial charge is 0.460 e. The van der Waals surface area contributed by atoms with E-state index in [4.69, 9.17) is 5.11 Å². The van der Waals surface area contributed by atoms with E-state index in [-0.39, 0.29) is 0 Å². The quantitative estimate of drug-likeness (QED) is 0.264. The zero-order valence-corrected chi connectivity index (χ0v) is 16.4. The standard InChI is InChI=1S/C12HF23O4/c13-2(1(36)37,8(23,24)25)38-12(34,35)7(22,10(29,30)31)39-11(32,33)6(20,21)4(16,17)3(14,15)5(18,19)9(26,27)28/h(H,36,37). The molecule has 0 saturated carbocycles. The summed E-state index contributed by atoms with van der Waals surface area (Å²) in [6, 6.07) is 0. The van der Waals surface area contributed by atoms with Crippen LogP contribution < -0.4 is 0 Å². The van der Waals surface area contributed by atoms with E-state index in [0.717, 1.165) is 4.74 Å². The third-order valence-corrected chi connectivity index (χ3v) is 3.82. The minimum Gasteiger partial charge on any atom is -0.477 e. The second-order valence-corrected chi connectivity index (χ2v) is 6.52. The minimum atomic E-state index is -9.08. The summed E-state index contributed by atoms with van der Waals surface area (Å²) in [7, 11) is 0. The van der Waals surface area contributed by atoms with Gasteiger partial charge in [-0.05, 0) is 0 Å². The number of carboxylic acid groups (broad SMARTS) is 1. The number of rotatable bonds is 10. The van der Waals surface area contributed by atoms with Crippen LogP contribution in [0.15, 0.2) is 0 Å². The Labute approximate surface area is 194 Å². The van der Waals surface area contributed by atoms with Gasteiger partial charge in [0.25, 0.3) is 0 Å². The maximum atomic E-state index is 13.9. The molecule has 0 aromatic carbocycles. The van der Waals surface area contributed by atoms with Crippen molar-refractivity contribution in [3.63, 3.8) is 0 Å². The lowest BCUT2D eigenvalue weighted by Crippen LogP contribution is -2.73. The summed E-state index contributed by atoms with van der Waals surface area (Å²) in [5.41, 5.74) is 0. The summed E-state index contributed by atoms with van der Waals surface area (Å²) in [4.78, 5) is 10.2. The molecule has 0 aliphatic heterocycles. The molecule has 0 heterocycles. The fourth-order valence-electron chi connectivity index (χ4n) is 1.74. The van der Waals surface area contributed by atoms with Gasteiger partial charge in [-0.25, -0.2) is 4.79 Å². The molecule has 4 nitrogen and oxygen atoms in total. The molecule has 0 aromatic heterocycles. The van der Waals surface area contributed by atoms with E-state index >= 15 is 0 Å². The third-order valence-electron chi connectivity index (χ3n) is 3.82. The Kier molecular flexibility index (Phi) is 8.63. The second kappa shape index (κ2) is 9.15. The highest BCUT2D eigenvalue weighted by atomic mass is 19.4. The molecule has 234 valence electrons. The van der Waals surface area contributed by atoms with Crippen LogP contribution in [0.4, 0.5) is 101 Å². The summed E-state index contributed by atoms with van der Waals surface area (Å²) in [5, 5.41) is 7.89. The number of carboxylic acids is 1. The van der Waals surface area contributed by atoms with Gasteiger partial charge in [-0.15, -0.1) is 0 Å². The number of aliphatic carboxylic acids is 1. The van der Waals surface area contributed by atoms with Crippen molar-refractivity contribution >= 4 is 5.97 Å². The zero-order chi connectivity index (χ0) is 32.5. The largest absolute Gasteiger partial charge is 0.477 e. The third kappa shape index (κ3) is 5.30. The van der Waals surface area contributed by atoms with Crippen LogP contribution in [-0.2, 0) is 14.3 Å². The summed E-state index contributed by atoms with van der Waals surface area (Å²) in [6.45, 7) is 0. The first-order valence-electron chi connectivity index (χ1n) is 7.84. The van der Waals surface area contributed by atoms with Gasteiger partial charge >= 0.3 is 72.1 Å². The fraction of sp³-hybridized carbons (Fsp3) is 0.917. The van der Waals surface area contributed by atoms with Crippen molar-refractivity contribution < 1.29 is 120 Å². The predicted molar refractivity (Wildman–Crippen MR) is 65.3 cm³/mol. The molecule has 39 heavy (non-hydrogen) atoms. The molecule has 0 fully saturated rings. The number of halogens is 23. The van der Waals surface area contributed by atoms with E-state index in [1.165, 1.54) is 4.74 Å². The summed E-state index contributed by atoms with van der Waals surface area (Å²) < 4.78 is 299. The number of alkyl halides is 23. The number of carbonyl (C=O) groups is 1. The van der Waals surface area contributed by atoms with E-state index in [9.17, 15) is 106 Å². The minimum absolute atomic E-state index is 0.921. The molecule has 2 unspecified atom stereocenters. The first-order chi connectivity index (χ1) is 16.4. The molecular formula is C12HF23O4. The van der Waals surface area contributed by atoms with Gasteiger partial charge in [0.05, 0.1) is 0 Å². The van der Waals surface area contributed by atoms with Gasteiger partial charge in [0.2, 0.25) is 0 Å². The molecule has 0 amide bonds. The number of hydrogen-bond donors (Lipinski definition) is 1. The number of hydrogen-bond acceptors (Lipinski definition) is 3.